The first-order valence-electron chi connectivity index (χ1n) is 6.49. The van der Waals surface area contributed by atoms with Crippen LogP contribution in [0.15, 0.2) is 30.3 Å². The molecular weight excluding hydrogens is 262 g/mol. The highest BCUT2D eigenvalue weighted by Crippen LogP contribution is 2.13. The fraction of sp³-hybridized carbons (Fsp3) is 0.429. The van der Waals surface area contributed by atoms with Crippen molar-refractivity contribution in [2.75, 3.05) is 26.2 Å². The quantitative estimate of drug-likeness (QED) is 0.633. The number of carbonyl (C=O) groups is 2. The Kier molecular flexibility index (Phi) is 4.95. The lowest BCUT2D eigenvalue weighted by Crippen LogP contribution is -2.30. The molecule has 1 saturated heterocycles. The van der Waals surface area contributed by atoms with Gasteiger partial charge in [0.2, 0.25) is 0 Å². The molecule has 1 aliphatic rings. The third-order valence-electron chi connectivity index (χ3n) is 3.10. The molecule has 0 saturated carbocycles. The Morgan fingerprint density at radius 2 is 2.05 bits per heavy atom. The average molecular weight is 279 g/mol. The van der Waals surface area contributed by atoms with E-state index in [-0.39, 0.29) is 6.10 Å². The molecule has 1 aliphatic heterocycles. The van der Waals surface area contributed by atoms with E-state index in [1.54, 1.807) is 0 Å². The third kappa shape index (κ3) is 4.24. The van der Waals surface area contributed by atoms with Crippen molar-refractivity contribution in [2.24, 2.45) is 0 Å². The molecule has 0 aromatic heterocycles. The molecule has 0 radical (unpaired) electrons. The number of nitrogens with zero attached hydrogens (tertiary/aromatic N) is 1. The highest BCUT2D eigenvalue weighted by Gasteiger charge is 2.27. The van der Waals surface area contributed by atoms with Crippen LogP contribution in [-0.4, -0.2) is 54.3 Å². The summed E-state index contributed by atoms with van der Waals surface area (Å²) in [6, 6.07) is 9.52. The van der Waals surface area contributed by atoms with Gasteiger partial charge >= 0.3 is 11.9 Å². The summed E-state index contributed by atoms with van der Waals surface area (Å²) in [5.41, 5.74) is 0. The first kappa shape index (κ1) is 14.3. The first-order valence-corrected chi connectivity index (χ1v) is 6.49. The predicted molar refractivity (Wildman–Crippen MR) is 70.5 cm³/mol. The molecule has 0 unspecified atom stereocenters. The molecule has 20 heavy (non-hydrogen) atoms. The lowest BCUT2D eigenvalue weighted by Gasteiger charge is -2.16. The number of hydrogen-bond acceptors (Lipinski definition) is 5. The second-order valence-corrected chi connectivity index (χ2v) is 4.58. The molecule has 0 amide bonds. The van der Waals surface area contributed by atoms with Gasteiger partial charge in [0.15, 0.2) is 0 Å². The van der Waals surface area contributed by atoms with E-state index in [1.807, 2.05) is 30.3 Å². The Morgan fingerprint density at radius 1 is 1.30 bits per heavy atom. The van der Waals surface area contributed by atoms with Gasteiger partial charge in [-0.15, -0.1) is 0 Å². The molecule has 6 heteroatoms. The van der Waals surface area contributed by atoms with Crippen LogP contribution in [0.2, 0.25) is 0 Å². The largest absolute Gasteiger partial charge is 0.492 e. The summed E-state index contributed by atoms with van der Waals surface area (Å²) in [6.07, 6.45) is 0.319. The van der Waals surface area contributed by atoms with Gasteiger partial charge in [-0.25, -0.2) is 9.59 Å². The second kappa shape index (κ2) is 6.91. The van der Waals surface area contributed by atoms with Gasteiger partial charge in [0, 0.05) is 19.6 Å². The molecule has 1 N–H and O–H groups in total. The number of benzene rings is 1. The number of likely N-dealkylation sites (tertiary alicyclic amines) is 1. The first-order chi connectivity index (χ1) is 9.65. The lowest BCUT2D eigenvalue weighted by atomic mass is 10.3. The van der Waals surface area contributed by atoms with Gasteiger partial charge in [-0.3, -0.25) is 4.90 Å². The number of carbonyl (C=O) groups excluding carboxylic acids is 1. The Hall–Kier alpha value is -2.08. The van der Waals surface area contributed by atoms with Gasteiger partial charge in [-0.05, 0) is 18.6 Å². The molecule has 1 aromatic carbocycles. The van der Waals surface area contributed by atoms with Gasteiger partial charge in [-0.1, -0.05) is 18.2 Å². The van der Waals surface area contributed by atoms with Crippen molar-refractivity contribution in [2.45, 2.75) is 12.5 Å². The molecule has 0 bridgehead atoms. The maximum atomic E-state index is 10.9. The van der Waals surface area contributed by atoms with E-state index in [0.29, 0.717) is 19.6 Å². The molecule has 0 aliphatic carbocycles. The van der Waals surface area contributed by atoms with Crippen molar-refractivity contribution in [3.8, 4) is 5.75 Å². The molecule has 0 spiro atoms. The summed E-state index contributed by atoms with van der Waals surface area (Å²) in [5, 5.41) is 8.47. The topological polar surface area (TPSA) is 76.1 Å². The zero-order valence-electron chi connectivity index (χ0n) is 11.0. The molecule has 1 fully saturated rings. The molecule has 6 nitrogen and oxygen atoms in total. The lowest BCUT2D eigenvalue weighted by molar-refractivity contribution is -0.167. The van der Waals surface area contributed by atoms with E-state index >= 15 is 0 Å². The van der Waals surface area contributed by atoms with E-state index in [4.69, 9.17) is 14.6 Å². The highest BCUT2D eigenvalue weighted by molar-refractivity contribution is 6.28. The zero-order chi connectivity index (χ0) is 14.4. The minimum atomic E-state index is -1.55. The predicted octanol–water partition coefficient (Wildman–Crippen LogP) is 0.767. The molecule has 1 heterocycles. The van der Waals surface area contributed by atoms with Crippen LogP contribution in [0.5, 0.6) is 5.75 Å². The van der Waals surface area contributed by atoms with Crippen LogP contribution in [0, 0.1) is 0 Å². The van der Waals surface area contributed by atoms with Gasteiger partial charge in [0.25, 0.3) is 0 Å². The van der Waals surface area contributed by atoms with Gasteiger partial charge in [-0.2, -0.15) is 0 Å². The van der Waals surface area contributed by atoms with E-state index in [0.717, 1.165) is 18.8 Å². The second-order valence-electron chi connectivity index (χ2n) is 4.58. The van der Waals surface area contributed by atoms with Crippen molar-refractivity contribution in [3.05, 3.63) is 30.3 Å². The summed E-state index contributed by atoms with van der Waals surface area (Å²) in [6.45, 7) is 2.59. The van der Waals surface area contributed by atoms with Crippen molar-refractivity contribution in [1.82, 2.24) is 4.90 Å². The minimum Gasteiger partial charge on any atom is -0.492 e. The third-order valence-corrected chi connectivity index (χ3v) is 3.10. The van der Waals surface area contributed by atoms with E-state index < -0.39 is 11.9 Å². The van der Waals surface area contributed by atoms with Crippen LogP contribution in [0.4, 0.5) is 0 Å². The summed E-state index contributed by atoms with van der Waals surface area (Å²) < 4.78 is 10.4. The molecule has 1 atom stereocenters. The van der Waals surface area contributed by atoms with Crippen molar-refractivity contribution in [1.29, 1.82) is 0 Å². The Labute approximate surface area is 116 Å². The zero-order valence-corrected chi connectivity index (χ0v) is 11.0. The van der Waals surface area contributed by atoms with Crippen LogP contribution in [-0.2, 0) is 14.3 Å². The summed E-state index contributed by atoms with van der Waals surface area (Å²) in [5.74, 6) is -1.91. The number of carboxylic acid groups (broad SMARTS) is 1. The standard InChI is InChI=1S/C14H17NO5/c16-13(17)14(18)20-12-6-7-15(10-12)8-9-19-11-4-2-1-3-5-11/h1-5,12H,6-10H2,(H,16,17)/t12-/m1/s1. The molecule has 108 valence electrons. The van der Waals surface area contributed by atoms with E-state index in [2.05, 4.69) is 4.90 Å². The number of carboxylic acids is 1. The van der Waals surface area contributed by atoms with Crippen LogP contribution < -0.4 is 4.74 Å². The Morgan fingerprint density at radius 3 is 2.75 bits per heavy atom. The van der Waals surface area contributed by atoms with Gasteiger partial charge < -0.3 is 14.6 Å². The average Bonchev–Trinajstić information content (AvgIpc) is 2.87. The van der Waals surface area contributed by atoms with Crippen molar-refractivity contribution >= 4 is 11.9 Å². The monoisotopic (exact) mass is 279 g/mol. The fourth-order valence-electron chi connectivity index (χ4n) is 2.11. The summed E-state index contributed by atoms with van der Waals surface area (Å²) >= 11 is 0. The number of ether oxygens (including phenoxy) is 2. The fourth-order valence-corrected chi connectivity index (χ4v) is 2.11. The normalized spacial score (nSPS) is 18.7. The number of rotatable bonds is 5. The van der Waals surface area contributed by atoms with E-state index in [9.17, 15) is 9.59 Å². The maximum Gasteiger partial charge on any atom is 0.417 e. The maximum absolute atomic E-state index is 10.9. The van der Waals surface area contributed by atoms with Crippen LogP contribution in [0.3, 0.4) is 0 Å². The van der Waals surface area contributed by atoms with Crippen LogP contribution in [0.25, 0.3) is 0 Å². The molecule has 1 aromatic rings. The summed E-state index contributed by atoms with van der Waals surface area (Å²) in [7, 11) is 0. The number of aliphatic carboxylic acids is 1. The smallest absolute Gasteiger partial charge is 0.417 e. The number of esters is 1. The highest BCUT2D eigenvalue weighted by atomic mass is 16.6. The Bertz CT molecular complexity index is 462. The summed E-state index contributed by atoms with van der Waals surface area (Å²) in [4.78, 5) is 23.4. The number of hydrogen-bond donors (Lipinski definition) is 1. The number of para-hydroxylation sites is 1. The van der Waals surface area contributed by atoms with Crippen LogP contribution in [0.1, 0.15) is 6.42 Å². The van der Waals surface area contributed by atoms with Gasteiger partial charge in [0.1, 0.15) is 18.5 Å². The molecular formula is C14H17NO5. The Balaban J connectivity index is 1.66. The minimum absolute atomic E-state index is 0.338. The van der Waals surface area contributed by atoms with Crippen molar-refractivity contribution in [3.63, 3.8) is 0 Å². The SMILES string of the molecule is O=C(O)C(=O)O[C@@H]1CCN(CCOc2ccccc2)C1. The van der Waals surface area contributed by atoms with Crippen LogP contribution >= 0.6 is 0 Å². The van der Waals surface area contributed by atoms with E-state index in [1.165, 1.54) is 0 Å². The molecule has 2 rings (SSSR count). The van der Waals surface area contributed by atoms with Crippen molar-refractivity contribution < 1.29 is 24.2 Å². The van der Waals surface area contributed by atoms with Gasteiger partial charge in [0.05, 0.1) is 0 Å².